The first-order chi connectivity index (χ1) is 11.6. The Kier molecular flexibility index (Phi) is 7.08. The molecular weight excluding hydrogens is 396 g/mol. The molecule has 5 nitrogen and oxygen atoms in total. The summed E-state index contributed by atoms with van der Waals surface area (Å²) < 4.78 is 11.4. The molecule has 0 heterocycles. The van der Waals surface area contributed by atoms with E-state index in [9.17, 15) is 4.79 Å². The van der Waals surface area contributed by atoms with Crippen LogP contribution in [0.2, 0.25) is 5.02 Å². The van der Waals surface area contributed by atoms with Crippen LogP contribution in [-0.2, 0) is 4.79 Å². The van der Waals surface area contributed by atoms with Gasteiger partial charge in [-0.25, -0.2) is 5.43 Å². The van der Waals surface area contributed by atoms with Crippen molar-refractivity contribution in [2.75, 3.05) is 13.2 Å². The molecule has 2 aromatic rings. The first kappa shape index (κ1) is 18.3. The number of benzene rings is 2. The summed E-state index contributed by atoms with van der Waals surface area (Å²) in [6.45, 7) is 2.39. The Morgan fingerprint density at radius 1 is 1.25 bits per heavy atom. The molecule has 0 spiro atoms. The molecule has 0 fully saturated rings. The van der Waals surface area contributed by atoms with Gasteiger partial charge in [-0.3, -0.25) is 4.79 Å². The first-order valence-electron chi connectivity index (χ1n) is 7.21. The van der Waals surface area contributed by atoms with E-state index in [2.05, 4.69) is 26.5 Å². The third kappa shape index (κ3) is 5.86. The maximum atomic E-state index is 11.7. The number of carbonyl (C=O) groups excluding carboxylic acids is 1. The van der Waals surface area contributed by atoms with Crippen molar-refractivity contribution in [1.29, 1.82) is 0 Å². The Morgan fingerprint density at radius 3 is 2.67 bits per heavy atom. The van der Waals surface area contributed by atoms with Gasteiger partial charge in [-0.2, -0.15) is 5.10 Å². The summed E-state index contributed by atoms with van der Waals surface area (Å²) in [5.41, 5.74) is 3.25. The third-order valence-corrected chi connectivity index (χ3v) is 3.70. The van der Waals surface area contributed by atoms with E-state index in [1.807, 2.05) is 31.2 Å². The van der Waals surface area contributed by atoms with Crippen LogP contribution in [0.25, 0.3) is 0 Å². The molecule has 0 aliphatic heterocycles. The van der Waals surface area contributed by atoms with Gasteiger partial charge in [0.15, 0.2) is 6.61 Å². The minimum Gasteiger partial charge on any atom is -0.494 e. The second-order valence-electron chi connectivity index (χ2n) is 4.66. The van der Waals surface area contributed by atoms with E-state index in [0.29, 0.717) is 21.9 Å². The Balaban J connectivity index is 1.80. The van der Waals surface area contributed by atoms with Crippen LogP contribution in [0, 0.1) is 0 Å². The molecule has 0 radical (unpaired) electrons. The zero-order valence-corrected chi connectivity index (χ0v) is 15.3. The van der Waals surface area contributed by atoms with E-state index in [-0.39, 0.29) is 12.5 Å². The van der Waals surface area contributed by atoms with Crippen molar-refractivity contribution in [3.05, 3.63) is 57.5 Å². The number of rotatable bonds is 7. The van der Waals surface area contributed by atoms with Gasteiger partial charge in [-0.15, -0.1) is 0 Å². The van der Waals surface area contributed by atoms with Crippen LogP contribution in [0.5, 0.6) is 11.5 Å². The van der Waals surface area contributed by atoms with Gasteiger partial charge in [0, 0.05) is 5.02 Å². The quantitative estimate of drug-likeness (QED) is 0.553. The summed E-state index contributed by atoms with van der Waals surface area (Å²) in [5, 5.41) is 4.47. The van der Waals surface area contributed by atoms with Crippen molar-refractivity contribution in [3.63, 3.8) is 0 Å². The summed E-state index contributed by atoms with van der Waals surface area (Å²) >= 11 is 9.16. The molecule has 24 heavy (non-hydrogen) atoms. The molecule has 126 valence electrons. The van der Waals surface area contributed by atoms with Crippen LogP contribution >= 0.6 is 27.5 Å². The topological polar surface area (TPSA) is 59.9 Å². The van der Waals surface area contributed by atoms with Crippen LogP contribution in [0.1, 0.15) is 12.5 Å². The molecule has 0 aliphatic carbocycles. The van der Waals surface area contributed by atoms with Crippen molar-refractivity contribution in [2.24, 2.45) is 5.10 Å². The van der Waals surface area contributed by atoms with Gasteiger partial charge < -0.3 is 9.47 Å². The van der Waals surface area contributed by atoms with Crippen LogP contribution < -0.4 is 14.9 Å². The summed E-state index contributed by atoms with van der Waals surface area (Å²) in [6, 6.07) is 12.4. The number of hydrogen-bond donors (Lipinski definition) is 1. The lowest BCUT2D eigenvalue weighted by Crippen LogP contribution is -2.24. The first-order valence-corrected chi connectivity index (χ1v) is 8.38. The standard InChI is InChI=1S/C17H16BrClN2O3/c1-2-23-14-6-3-12(4-7-14)10-20-21-17(22)11-24-16-8-5-13(19)9-15(16)18/h3-10H,2,11H2,1H3,(H,21,22)/b20-10-. The van der Waals surface area contributed by atoms with Crippen molar-refractivity contribution < 1.29 is 14.3 Å². The molecule has 2 aromatic carbocycles. The molecule has 2 rings (SSSR count). The van der Waals surface area contributed by atoms with Crippen LogP contribution in [0.3, 0.4) is 0 Å². The Bertz CT molecular complexity index is 720. The molecule has 0 saturated carbocycles. The van der Waals surface area contributed by atoms with Crippen LogP contribution in [0.4, 0.5) is 0 Å². The number of carbonyl (C=O) groups is 1. The van der Waals surface area contributed by atoms with E-state index in [0.717, 1.165) is 11.3 Å². The number of nitrogens with zero attached hydrogens (tertiary/aromatic N) is 1. The molecule has 0 aliphatic rings. The minimum atomic E-state index is -0.362. The monoisotopic (exact) mass is 410 g/mol. The van der Waals surface area contributed by atoms with E-state index >= 15 is 0 Å². The van der Waals surface area contributed by atoms with E-state index in [1.54, 1.807) is 24.4 Å². The maximum Gasteiger partial charge on any atom is 0.277 e. The second-order valence-corrected chi connectivity index (χ2v) is 5.95. The molecule has 7 heteroatoms. The number of nitrogens with one attached hydrogen (secondary N) is 1. The molecular formula is C17H16BrClN2O3. The van der Waals surface area contributed by atoms with Gasteiger partial charge in [-0.1, -0.05) is 11.6 Å². The Morgan fingerprint density at radius 2 is 2.00 bits per heavy atom. The highest BCUT2D eigenvalue weighted by Crippen LogP contribution is 2.27. The van der Waals surface area contributed by atoms with E-state index in [4.69, 9.17) is 21.1 Å². The molecule has 1 N–H and O–H groups in total. The van der Waals surface area contributed by atoms with Crippen molar-refractivity contribution in [3.8, 4) is 11.5 Å². The van der Waals surface area contributed by atoms with Gasteiger partial charge in [0.05, 0.1) is 17.3 Å². The maximum absolute atomic E-state index is 11.7. The summed E-state index contributed by atoms with van der Waals surface area (Å²) in [5.74, 6) is 0.963. The number of halogens is 2. The average molecular weight is 412 g/mol. The lowest BCUT2D eigenvalue weighted by molar-refractivity contribution is -0.123. The van der Waals surface area contributed by atoms with E-state index in [1.165, 1.54) is 0 Å². The fraction of sp³-hybridized carbons (Fsp3) is 0.176. The van der Waals surface area contributed by atoms with Gasteiger partial charge in [0.1, 0.15) is 11.5 Å². The van der Waals surface area contributed by atoms with Gasteiger partial charge in [0.25, 0.3) is 5.91 Å². The molecule has 0 saturated heterocycles. The highest BCUT2D eigenvalue weighted by Gasteiger charge is 2.05. The number of hydrogen-bond acceptors (Lipinski definition) is 4. The Labute approximate surface area is 153 Å². The summed E-state index contributed by atoms with van der Waals surface area (Å²) in [4.78, 5) is 11.7. The van der Waals surface area contributed by atoms with Crippen molar-refractivity contribution >= 4 is 39.7 Å². The zero-order chi connectivity index (χ0) is 17.4. The largest absolute Gasteiger partial charge is 0.494 e. The number of hydrazone groups is 1. The van der Waals surface area contributed by atoms with Crippen molar-refractivity contribution in [2.45, 2.75) is 6.92 Å². The minimum absolute atomic E-state index is 0.152. The zero-order valence-electron chi connectivity index (χ0n) is 13.0. The normalized spacial score (nSPS) is 10.6. The summed E-state index contributed by atoms with van der Waals surface area (Å²) in [6.07, 6.45) is 1.55. The SMILES string of the molecule is CCOc1ccc(/C=N\NC(=O)COc2ccc(Cl)cc2Br)cc1. The van der Waals surface area contributed by atoms with Crippen LogP contribution in [0.15, 0.2) is 52.0 Å². The lowest BCUT2D eigenvalue weighted by Gasteiger charge is -2.07. The van der Waals surface area contributed by atoms with E-state index < -0.39 is 0 Å². The molecule has 0 atom stereocenters. The smallest absolute Gasteiger partial charge is 0.277 e. The fourth-order valence-electron chi connectivity index (χ4n) is 1.76. The predicted octanol–water partition coefficient (Wildman–Crippen LogP) is 4.03. The lowest BCUT2D eigenvalue weighted by atomic mass is 10.2. The van der Waals surface area contributed by atoms with Gasteiger partial charge in [0.2, 0.25) is 0 Å². The third-order valence-electron chi connectivity index (χ3n) is 2.85. The average Bonchev–Trinajstić information content (AvgIpc) is 2.56. The second kappa shape index (κ2) is 9.30. The number of ether oxygens (including phenoxy) is 2. The van der Waals surface area contributed by atoms with Crippen LogP contribution in [-0.4, -0.2) is 25.3 Å². The number of amides is 1. The molecule has 0 bridgehead atoms. The molecule has 1 amide bonds. The highest BCUT2D eigenvalue weighted by atomic mass is 79.9. The summed E-state index contributed by atoms with van der Waals surface area (Å²) in [7, 11) is 0. The Hall–Kier alpha value is -2.05. The van der Waals surface area contributed by atoms with Crippen molar-refractivity contribution in [1.82, 2.24) is 5.43 Å². The van der Waals surface area contributed by atoms with Gasteiger partial charge in [-0.05, 0) is 70.9 Å². The fourth-order valence-corrected chi connectivity index (χ4v) is 2.56. The molecule has 0 unspecified atom stereocenters. The molecule has 0 aromatic heterocycles. The predicted molar refractivity (Wildman–Crippen MR) is 98.0 cm³/mol. The van der Waals surface area contributed by atoms with Gasteiger partial charge >= 0.3 is 0 Å². The highest BCUT2D eigenvalue weighted by molar-refractivity contribution is 9.10.